The van der Waals surface area contributed by atoms with Gasteiger partial charge in [0, 0.05) is 0 Å². The topological polar surface area (TPSA) is 26.3 Å². The molecule has 0 aliphatic heterocycles. The number of hydrogen-bond donors (Lipinski definition) is 0. The van der Waals surface area contributed by atoms with Crippen LogP contribution in [0.15, 0.2) is 0 Å². The van der Waals surface area contributed by atoms with E-state index in [4.69, 9.17) is 4.74 Å². The Morgan fingerprint density at radius 3 is 2.05 bits per heavy atom. The van der Waals surface area contributed by atoms with Crippen molar-refractivity contribution < 1.29 is 9.53 Å². The van der Waals surface area contributed by atoms with Crippen LogP contribution in [0.25, 0.3) is 0 Å². The van der Waals surface area contributed by atoms with Crippen LogP contribution in [0, 0.1) is 52.3 Å². The van der Waals surface area contributed by atoms with E-state index in [-0.39, 0.29) is 16.8 Å². The first-order valence-electron chi connectivity index (χ1n) is 8.58. The molecule has 5 unspecified atom stereocenters. The lowest BCUT2D eigenvalue weighted by molar-refractivity contribution is -0.290. The van der Waals surface area contributed by atoms with Gasteiger partial charge in [-0.05, 0) is 85.9 Å². The molecule has 7 aliphatic rings. The van der Waals surface area contributed by atoms with Crippen LogP contribution in [0.1, 0.15) is 46.0 Å². The summed E-state index contributed by atoms with van der Waals surface area (Å²) in [5.41, 5.74) is -0.00880. The van der Waals surface area contributed by atoms with Crippen LogP contribution in [0.3, 0.4) is 0 Å². The molecule has 7 fully saturated rings. The highest BCUT2D eigenvalue weighted by atomic mass is 16.5. The number of rotatable bonds is 1. The highest BCUT2D eigenvalue weighted by Gasteiger charge is 2.75. The van der Waals surface area contributed by atoms with Crippen molar-refractivity contribution in [2.24, 2.45) is 52.3 Å². The summed E-state index contributed by atoms with van der Waals surface area (Å²) in [7, 11) is 1.59. The molecular weight excluding hydrogens is 248 g/mol. The highest BCUT2D eigenvalue weighted by Crippen LogP contribution is 2.79. The van der Waals surface area contributed by atoms with Crippen LogP contribution in [0.4, 0.5) is 0 Å². The SMILES string of the molecule is COC(=O)C1(C)C2C3CC4CC5C3CC1(C)CC5C2C4. The zero-order chi connectivity index (χ0) is 13.9. The number of carbonyl (C=O) groups excluding carboxylic acids is 1. The summed E-state index contributed by atoms with van der Waals surface area (Å²) in [6.07, 6.45) is 6.93. The van der Waals surface area contributed by atoms with Crippen LogP contribution in [0.5, 0.6) is 0 Å². The molecule has 0 aromatic heterocycles. The molecule has 5 atom stereocenters. The molecule has 7 saturated carbocycles. The Morgan fingerprint density at radius 2 is 1.50 bits per heavy atom. The molecule has 0 radical (unpaired) electrons. The van der Waals surface area contributed by atoms with Crippen molar-refractivity contribution >= 4 is 5.97 Å². The van der Waals surface area contributed by atoms with Crippen LogP contribution >= 0.6 is 0 Å². The first kappa shape index (κ1) is 12.1. The van der Waals surface area contributed by atoms with E-state index in [1.54, 1.807) is 7.11 Å². The van der Waals surface area contributed by atoms with Gasteiger partial charge in [0.1, 0.15) is 0 Å². The minimum atomic E-state index is -0.211. The first-order valence-corrected chi connectivity index (χ1v) is 8.58. The lowest BCUT2D eigenvalue weighted by Crippen LogP contribution is -2.73. The Morgan fingerprint density at radius 1 is 0.950 bits per heavy atom. The number of carbonyl (C=O) groups is 1. The molecular formula is C18H26O2. The average Bonchev–Trinajstić information content (AvgIpc) is 2.44. The maximum absolute atomic E-state index is 12.7. The Labute approximate surface area is 121 Å². The lowest BCUT2D eigenvalue weighted by Gasteiger charge is -2.76. The van der Waals surface area contributed by atoms with E-state index in [0.717, 1.165) is 35.5 Å². The zero-order valence-corrected chi connectivity index (χ0v) is 12.9. The van der Waals surface area contributed by atoms with Gasteiger partial charge >= 0.3 is 5.97 Å². The van der Waals surface area contributed by atoms with Gasteiger partial charge in [0.15, 0.2) is 0 Å². The number of methoxy groups -OCH3 is 1. The molecule has 110 valence electrons. The molecule has 20 heavy (non-hydrogen) atoms. The fourth-order valence-electron chi connectivity index (χ4n) is 8.24. The predicted molar refractivity (Wildman–Crippen MR) is 75.7 cm³/mol. The van der Waals surface area contributed by atoms with Crippen molar-refractivity contribution in [1.29, 1.82) is 0 Å². The Kier molecular flexibility index (Phi) is 1.98. The van der Waals surface area contributed by atoms with Crippen molar-refractivity contribution in [3.8, 4) is 0 Å². The summed E-state index contributed by atoms with van der Waals surface area (Å²) >= 11 is 0. The van der Waals surface area contributed by atoms with Crippen molar-refractivity contribution in [2.75, 3.05) is 7.11 Å². The first-order chi connectivity index (χ1) is 9.49. The molecule has 7 aliphatic carbocycles. The van der Waals surface area contributed by atoms with Crippen molar-refractivity contribution in [2.45, 2.75) is 46.0 Å². The van der Waals surface area contributed by atoms with Gasteiger partial charge in [-0.25, -0.2) is 0 Å². The molecule has 2 heteroatoms. The van der Waals surface area contributed by atoms with E-state index in [2.05, 4.69) is 13.8 Å². The maximum Gasteiger partial charge on any atom is 0.312 e. The van der Waals surface area contributed by atoms with Crippen molar-refractivity contribution in [1.82, 2.24) is 0 Å². The van der Waals surface area contributed by atoms with Gasteiger partial charge in [-0.2, -0.15) is 0 Å². The highest BCUT2D eigenvalue weighted by molar-refractivity contribution is 5.78. The third-order valence-electron chi connectivity index (χ3n) is 8.84. The number of hydrogen-bond acceptors (Lipinski definition) is 2. The molecule has 0 spiro atoms. The lowest BCUT2D eigenvalue weighted by atomic mass is 9.27. The van der Waals surface area contributed by atoms with E-state index in [0.29, 0.717) is 5.92 Å². The minimum absolute atomic E-state index is 0.0920. The summed E-state index contributed by atoms with van der Waals surface area (Å²) in [5, 5.41) is 0. The Balaban J connectivity index is 1.69. The molecule has 0 heterocycles. The summed E-state index contributed by atoms with van der Waals surface area (Å²) < 4.78 is 5.31. The van der Waals surface area contributed by atoms with Crippen molar-refractivity contribution in [3.05, 3.63) is 0 Å². The molecule has 0 aromatic carbocycles. The van der Waals surface area contributed by atoms with Gasteiger partial charge in [-0.15, -0.1) is 0 Å². The predicted octanol–water partition coefficient (Wildman–Crippen LogP) is 3.50. The van der Waals surface area contributed by atoms with Crippen LogP contribution in [-0.4, -0.2) is 13.1 Å². The smallest absolute Gasteiger partial charge is 0.312 e. The largest absolute Gasteiger partial charge is 0.469 e. The van der Waals surface area contributed by atoms with Gasteiger partial charge < -0.3 is 4.74 Å². The normalized spacial score (nSPS) is 64.8. The summed E-state index contributed by atoms with van der Waals surface area (Å²) in [6.45, 7) is 4.67. The van der Waals surface area contributed by atoms with Gasteiger partial charge in [-0.1, -0.05) is 6.92 Å². The fourth-order valence-corrected chi connectivity index (χ4v) is 8.24. The summed E-state index contributed by atoms with van der Waals surface area (Å²) in [5.74, 6) is 6.28. The van der Waals surface area contributed by atoms with Crippen LogP contribution in [0.2, 0.25) is 0 Å². The molecule has 2 nitrogen and oxygen atoms in total. The Bertz CT molecular complexity index is 474. The van der Waals surface area contributed by atoms with E-state index >= 15 is 0 Å². The molecule has 0 N–H and O–H groups in total. The van der Waals surface area contributed by atoms with E-state index in [9.17, 15) is 4.79 Å². The van der Waals surface area contributed by atoms with Crippen molar-refractivity contribution in [3.63, 3.8) is 0 Å². The van der Waals surface area contributed by atoms with E-state index in [1.165, 1.54) is 32.1 Å². The van der Waals surface area contributed by atoms with E-state index in [1.807, 2.05) is 0 Å². The van der Waals surface area contributed by atoms with Crippen LogP contribution in [-0.2, 0) is 9.53 Å². The van der Waals surface area contributed by atoms with E-state index < -0.39 is 0 Å². The van der Waals surface area contributed by atoms with Gasteiger partial charge in [0.05, 0.1) is 12.5 Å². The summed E-state index contributed by atoms with van der Waals surface area (Å²) in [6, 6.07) is 0. The van der Waals surface area contributed by atoms with Crippen LogP contribution < -0.4 is 0 Å². The fraction of sp³-hybridized carbons (Fsp3) is 0.944. The summed E-state index contributed by atoms with van der Waals surface area (Å²) in [4.78, 5) is 12.7. The molecule has 0 amide bonds. The number of ether oxygens (including phenoxy) is 1. The average molecular weight is 274 g/mol. The zero-order valence-electron chi connectivity index (χ0n) is 12.9. The molecule has 0 saturated heterocycles. The third-order valence-corrected chi connectivity index (χ3v) is 8.84. The Hall–Kier alpha value is -0.530. The third kappa shape index (κ3) is 1.01. The van der Waals surface area contributed by atoms with Gasteiger partial charge in [-0.3, -0.25) is 4.79 Å². The van der Waals surface area contributed by atoms with Gasteiger partial charge in [0.25, 0.3) is 0 Å². The second-order valence-corrected chi connectivity index (χ2v) is 9.08. The monoisotopic (exact) mass is 274 g/mol. The second kappa shape index (κ2) is 3.28. The minimum Gasteiger partial charge on any atom is -0.469 e. The molecule has 0 aromatic rings. The second-order valence-electron chi connectivity index (χ2n) is 9.08. The number of esters is 1. The standard InChI is InChI=1S/C18H26O2/c1-17-7-13-10-4-9-5-11(13)15(12(6-9)14(10)8-17)18(17,2)16(19)20-3/h9-15H,4-8H2,1-3H3. The van der Waals surface area contributed by atoms with Gasteiger partial charge in [0.2, 0.25) is 0 Å². The maximum atomic E-state index is 12.7. The quantitative estimate of drug-likeness (QED) is 0.684. The molecule has 7 rings (SSSR count). The molecule has 8 bridgehead atoms.